The van der Waals surface area contributed by atoms with Crippen molar-refractivity contribution in [3.05, 3.63) is 70.0 Å². The van der Waals surface area contributed by atoms with Gasteiger partial charge in [-0.05, 0) is 86.1 Å². The number of benzene rings is 2. The zero-order valence-electron chi connectivity index (χ0n) is 24.7. The van der Waals surface area contributed by atoms with Gasteiger partial charge in [-0.15, -0.1) is 0 Å². The molecule has 3 fully saturated rings. The van der Waals surface area contributed by atoms with Crippen LogP contribution in [0.15, 0.2) is 36.4 Å². The third-order valence-electron chi connectivity index (χ3n) is 9.48. The van der Waals surface area contributed by atoms with Gasteiger partial charge in [0.05, 0.1) is 23.2 Å². The van der Waals surface area contributed by atoms with E-state index >= 15 is 0 Å². The van der Waals surface area contributed by atoms with Gasteiger partial charge < -0.3 is 19.7 Å². The van der Waals surface area contributed by atoms with Crippen molar-refractivity contribution in [1.82, 2.24) is 14.7 Å². The average molecular weight is 638 g/mol. The zero-order valence-corrected chi connectivity index (χ0v) is 26.7. The molecule has 2 aliphatic heterocycles. The number of nitrogens with zero attached hydrogens (tertiary/aromatic N) is 3. The minimum Gasteiger partial charge on any atom is -0.549 e. The number of piperidine rings is 2. The minimum absolute atomic E-state index is 0. The van der Waals surface area contributed by atoms with Crippen LogP contribution in [0.5, 0.6) is 0 Å². The fourth-order valence-corrected chi connectivity index (χ4v) is 6.74. The largest absolute Gasteiger partial charge is 1.00 e. The fraction of sp³-hybridized carbons (Fsp3) is 0.533. The third-order valence-corrected chi connectivity index (χ3v) is 9.48. The Kier molecular flexibility index (Phi) is 9.50. The van der Waals surface area contributed by atoms with E-state index in [1.54, 1.807) is 13.0 Å². The second-order valence-electron chi connectivity index (χ2n) is 12.1. The van der Waals surface area contributed by atoms with E-state index in [2.05, 4.69) is 4.90 Å². The number of hydrogen-bond acceptors (Lipinski definition) is 4. The molecule has 2 aromatic rings. The molecule has 234 valence electrons. The molecule has 0 aromatic heterocycles. The van der Waals surface area contributed by atoms with Crippen LogP contribution in [0, 0.1) is 24.1 Å². The van der Waals surface area contributed by atoms with Gasteiger partial charge in [0, 0.05) is 44.1 Å². The van der Waals surface area contributed by atoms with Gasteiger partial charge in [0.15, 0.2) is 0 Å². The van der Waals surface area contributed by atoms with Crippen LogP contribution in [0.4, 0.5) is 35.5 Å². The number of amides is 2. The average Bonchev–Trinajstić information content (AvgIpc) is 3.51. The smallest absolute Gasteiger partial charge is 0.549 e. The molecule has 0 unspecified atom stereocenters. The summed E-state index contributed by atoms with van der Waals surface area (Å²) >= 11 is 0. The number of halogens is 7. The first-order valence-corrected chi connectivity index (χ1v) is 14.0. The maximum Gasteiger partial charge on any atom is 1.00 e. The van der Waals surface area contributed by atoms with E-state index in [-0.39, 0.29) is 59.7 Å². The predicted molar refractivity (Wildman–Crippen MR) is 139 cm³/mol. The molecule has 0 spiro atoms. The molecule has 5 atom stereocenters. The first-order valence-electron chi connectivity index (χ1n) is 14.0. The molecule has 0 radical (unpaired) electrons. The van der Waals surface area contributed by atoms with E-state index in [1.165, 1.54) is 31.0 Å². The molecule has 1 saturated carbocycles. The zero-order chi connectivity index (χ0) is 31.6. The molecule has 2 amide bonds. The number of carboxylic acids is 1. The summed E-state index contributed by atoms with van der Waals surface area (Å²) in [5.74, 6) is -1.54. The van der Waals surface area contributed by atoms with Crippen molar-refractivity contribution in [2.75, 3.05) is 26.7 Å². The Bertz CT molecular complexity index is 1400. The van der Waals surface area contributed by atoms with Crippen LogP contribution in [0.2, 0.25) is 0 Å². The second-order valence-corrected chi connectivity index (χ2v) is 12.1. The SMILES string of the molecule is Cc1cc(F)ccc1[C@H]1C[C@@H](N2C[C@@H]3C[C@]3(C(=O)[O-])C2)CCN1C(=O)N(C)[C@H](C)c1cc(C(F)(F)F)cc(C(F)(F)F)c1.[Na+]. The molecule has 0 N–H and O–H groups in total. The number of urea groups is 1. The van der Waals surface area contributed by atoms with Gasteiger partial charge in [0.2, 0.25) is 0 Å². The number of rotatable bonds is 5. The number of aryl methyl sites for hydroxylation is 1. The number of hydrogen-bond donors (Lipinski definition) is 0. The summed E-state index contributed by atoms with van der Waals surface area (Å²) < 4.78 is 94.9. The Morgan fingerprint density at radius 1 is 1.05 bits per heavy atom. The van der Waals surface area contributed by atoms with Crippen molar-refractivity contribution in [3.63, 3.8) is 0 Å². The van der Waals surface area contributed by atoms with Crippen LogP contribution >= 0.6 is 0 Å². The number of aliphatic carboxylic acids is 1. The summed E-state index contributed by atoms with van der Waals surface area (Å²) in [7, 11) is 1.32. The Morgan fingerprint density at radius 3 is 2.18 bits per heavy atom. The molecular formula is C30H31F7N3NaO3. The molecular weight excluding hydrogens is 606 g/mol. The summed E-state index contributed by atoms with van der Waals surface area (Å²) in [6.45, 7) is 4.15. The Morgan fingerprint density at radius 2 is 1.66 bits per heavy atom. The molecule has 14 heteroatoms. The van der Waals surface area contributed by atoms with Crippen molar-refractivity contribution in [2.24, 2.45) is 11.3 Å². The number of alkyl halides is 6. The van der Waals surface area contributed by atoms with Crippen LogP contribution < -0.4 is 34.7 Å². The Balaban J connectivity index is 0.00000442. The van der Waals surface area contributed by atoms with Crippen molar-refractivity contribution in [2.45, 2.75) is 63.6 Å². The summed E-state index contributed by atoms with van der Waals surface area (Å²) in [6, 6.07) is 2.97. The quantitative estimate of drug-likeness (QED) is 0.374. The van der Waals surface area contributed by atoms with Gasteiger partial charge in [0.25, 0.3) is 0 Å². The molecule has 5 rings (SSSR count). The minimum atomic E-state index is -5.03. The summed E-state index contributed by atoms with van der Waals surface area (Å²) in [6.07, 6.45) is -8.63. The molecule has 1 aliphatic carbocycles. The molecule has 6 nitrogen and oxygen atoms in total. The third kappa shape index (κ3) is 6.47. The number of carboxylic acid groups (broad SMARTS) is 1. The van der Waals surface area contributed by atoms with Crippen LogP contribution in [-0.4, -0.2) is 59.4 Å². The molecule has 2 aromatic carbocycles. The summed E-state index contributed by atoms with van der Waals surface area (Å²) in [5, 5.41) is 11.7. The Hall–Kier alpha value is -2.35. The van der Waals surface area contributed by atoms with Crippen LogP contribution in [0.3, 0.4) is 0 Å². The molecule has 0 bridgehead atoms. The maximum atomic E-state index is 14.0. The van der Waals surface area contributed by atoms with Crippen molar-refractivity contribution in [1.29, 1.82) is 0 Å². The van der Waals surface area contributed by atoms with Gasteiger partial charge in [-0.25, -0.2) is 9.18 Å². The number of likely N-dealkylation sites (tertiary alicyclic amines) is 2. The van der Waals surface area contributed by atoms with Gasteiger partial charge >= 0.3 is 47.9 Å². The van der Waals surface area contributed by atoms with E-state index in [9.17, 15) is 45.4 Å². The van der Waals surface area contributed by atoms with Crippen LogP contribution in [0.25, 0.3) is 0 Å². The standard InChI is InChI=1S/C30H32F7N3O3.Na/c1-16-8-22(31)4-5-24(16)25-12-23(39-14-21-13-28(21,15-39)26(41)42)6-7-40(25)27(43)38(3)17(2)18-9-19(29(32,33)34)11-20(10-18)30(35,36)37;/h4-5,8-11,17,21,23,25H,6-7,12-15H2,1-3H3,(H,41,42);/q;+1/p-1/t17-,21+,23+,25-,28+;/m1./s1. The van der Waals surface area contributed by atoms with Crippen LogP contribution in [-0.2, 0) is 17.1 Å². The summed E-state index contributed by atoms with van der Waals surface area (Å²) in [4.78, 5) is 30.4. The second kappa shape index (κ2) is 12.1. The normalized spacial score (nSPS) is 26.0. The molecule has 2 saturated heterocycles. The van der Waals surface area contributed by atoms with Gasteiger partial charge in [0.1, 0.15) is 5.82 Å². The predicted octanol–water partition coefficient (Wildman–Crippen LogP) is 2.57. The van der Waals surface area contributed by atoms with E-state index in [4.69, 9.17) is 0 Å². The van der Waals surface area contributed by atoms with Crippen LogP contribution in [0.1, 0.15) is 66.1 Å². The first-order chi connectivity index (χ1) is 19.9. The monoisotopic (exact) mass is 637 g/mol. The maximum absolute atomic E-state index is 14.0. The van der Waals surface area contributed by atoms with E-state index in [0.717, 1.165) is 4.90 Å². The van der Waals surface area contributed by atoms with E-state index in [1.807, 2.05) is 0 Å². The molecule has 44 heavy (non-hydrogen) atoms. The molecule has 2 heterocycles. The first kappa shape index (κ1) is 34.5. The molecule has 3 aliphatic rings. The van der Waals surface area contributed by atoms with E-state index < -0.39 is 58.8 Å². The Labute approximate surface area is 272 Å². The van der Waals surface area contributed by atoms with Crippen molar-refractivity contribution >= 4 is 12.0 Å². The van der Waals surface area contributed by atoms with Crippen molar-refractivity contribution in [3.8, 4) is 0 Å². The topological polar surface area (TPSA) is 66.9 Å². The summed E-state index contributed by atoms with van der Waals surface area (Å²) in [5.41, 5.74) is -2.90. The van der Waals surface area contributed by atoms with Crippen molar-refractivity contribution < 1.29 is 75.0 Å². The van der Waals surface area contributed by atoms with E-state index in [0.29, 0.717) is 55.6 Å². The van der Waals surface area contributed by atoms with Gasteiger partial charge in [-0.3, -0.25) is 4.90 Å². The number of fused-ring (bicyclic) bond motifs is 1. The van der Waals surface area contributed by atoms with Gasteiger partial charge in [-0.1, -0.05) is 6.07 Å². The number of carbonyl (C=O) groups is 2. The number of carbonyl (C=O) groups excluding carboxylic acids is 2. The fourth-order valence-electron chi connectivity index (χ4n) is 6.74. The van der Waals surface area contributed by atoms with Gasteiger partial charge in [-0.2, -0.15) is 26.3 Å².